The number of anilines is 2. The van der Waals surface area contributed by atoms with Crippen LogP contribution >= 0.6 is 0 Å². The van der Waals surface area contributed by atoms with Gasteiger partial charge in [0.15, 0.2) is 11.5 Å². The summed E-state index contributed by atoms with van der Waals surface area (Å²) in [4.78, 5) is 0. The van der Waals surface area contributed by atoms with E-state index in [1.165, 1.54) is 11.1 Å². The normalized spacial score (nSPS) is 10.7. The third-order valence-corrected chi connectivity index (χ3v) is 4.09. The lowest BCUT2D eigenvalue weighted by molar-refractivity contribution is 0.324. The number of hydrogen-bond donors (Lipinski definition) is 1. The van der Waals surface area contributed by atoms with Crippen LogP contribution < -0.4 is 19.5 Å². The summed E-state index contributed by atoms with van der Waals surface area (Å²) in [6.07, 6.45) is 2.06. The molecule has 0 amide bonds. The zero-order chi connectivity index (χ0) is 17.3. The van der Waals surface area contributed by atoms with Crippen LogP contribution in [0.1, 0.15) is 5.56 Å². The molecule has 0 atom stereocenters. The van der Waals surface area contributed by atoms with Crippen LogP contribution in [0.3, 0.4) is 0 Å². The number of methoxy groups -OCH3 is 3. The molecule has 0 radical (unpaired) electrons. The summed E-state index contributed by atoms with van der Waals surface area (Å²) in [7, 11) is 6.87. The monoisotopic (exact) mass is 326 g/mol. The molecular weight excluding hydrogens is 304 g/mol. The second-order valence-corrected chi connectivity index (χ2v) is 5.71. The van der Waals surface area contributed by atoms with Gasteiger partial charge in [-0.3, -0.25) is 0 Å². The van der Waals surface area contributed by atoms with Crippen LogP contribution in [0.2, 0.25) is 0 Å². The first-order valence-corrected chi connectivity index (χ1v) is 7.70. The van der Waals surface area contributed by atoms with Crippen LogP contribution in [0.25, 0.3) is 10.9 Å². The van der Waals surface area contributed by atoms with Crippen molar-refractivity contribution in [3.8, 4) is 17.2 Å². The Morgan fingerprint density at radius 1 is 0.917 bits per heavy atom. The van der Waals surface area contributed by atoms with Gasteiger partial charge in [-0.25, -0.2) is 0 Å². The van der Waals surface area contributed by atoms with Gasteiger partial charge in [-0.2, -0.15) is 0 Å². The van der Waals surface area contributed by atoms with E-state index in [4.69, 9.17) is 14.2 Å². The molecule has 0 aliphatic rings. The highest BCUT2D eigenvalue weighted by Crippen LogP contribution is 2.41. The average Bonchev–Trinajstić information content (AvgIpc) is 2.95. The van der Waals surface area contributed by atoms with Gasteiger partial charge in [-0.05, 0) is 30.7 Å². The first kappa shape index (κ1) is 16.1. The number of aryl methyl sites for hydroxylation is 2. The van der Waals surface area contributed by atoms with Crippen molar-refractivity contribution in [3.05, 3.63) is 42.1 Å². The van der Waals surface area contributed by atoms with E-state index in [1.807, 2.05) is 19.2 Å². The van der Waals surface area contributed by atoms with Crippen molar-refractivity contribution in [1.29, 1.82) is 0 Å². The van der Waals surface area contributed by atoms with Gasteiger partial charge in [0.1, 0.15) is 0 Å². The van der Waals surface area contributed by atoms with Crippen LogP contribution in [-0.2, 0) is 7.05 Å². The molecule has 0 unspecified atom stereocenters. The molecule has 3 rings (SSSR count). The Labute approximate surface area is 141 Å². The van der Waals surface area contributed by atoms with Crippen molar-refractivity contribution >= 4 is 22.3 Å². The van der Waals surface area contributed by atoms with Gasteiger partial charge >= 0.3 is 0 Å². The number of hydrogen-bond acceptors (Lipinski definition) is 4. The second-order valence-electron chi connectivity index (χ2n) is 5.71. The Balaban J connectivity index is 2.09. The van der Waals surface area contributed by atoms with E-state index < -0.39 is 0 Å². The molecule has 126 valence electrons. The smallest absolute Gasteiger partial charge is 0.203 e. The predicted octanol–water partition coefficient (Wildman–Crippen LogP) is 4.26. The minimum Gasteiger partial charge on any atom is -0.493 e. The largest absolute Gasteiger partial charge is 0.493 e. The molecule has 5 nitrogen and oxygen atoms in total. The summed E-state index contributed by atoms with van der Waals surface area (Å²) >= 11 is 0. The molecule has 3 aromatic rings. The molecule has 0 saturated heterocycles. The van der Waals surface area contributed by atoms with Crippen molar-refractivity contribution in [3.63, 3.8) is 0 Å². The average molecular weight is 326 g/mol. The fourth-order valence-electron chi connectivity index (χ4n) is 2.92. The van der Waals surface area contributed by atoms with E-state index in [1.54, 1.807) is 21.3 Å². The number of benzene rings is 2. The van der Waals surface area contributed by atoms with Gasteiger partial charge in [0, 0.05) is 42.1 Å². The van der Waals surface area contributed by atoms with Crippen molar-refractivity contribution < 1.29 is 14.2 Å². The minimum atomic E-state index is 0.583. The Bertz CT molecular complexity index is 859. The van der Waals surface area contributed by atoms with E-state index in [0.717, 1.165) is 16.8 Å². The number of ether oxygens (including phenoxy) is 3. The molecule has 24 heavy (non-hydrogen) atoms. The number of fused-ring (bicyclic) bond motifs is 1. The molecule has 0 spiro atoms. The molecule has 0 aliphatic carbocycles. The first-order chi connectivity index (χ1) is 11.6. The zero-order valence-electron chi connectivity index (χ0n) is 14.6. The quantitative estimate of drug-likeness (QED) is 0.761. The Kier molecular flexibility index (Phi) is 4.25. The maximum Gasteiger partial charge on any atom is 0.203 e. The third-order valence-electron chi connectivity index (χ3n) is 4.09. The summed E-state index contributed by atoms with van der Waals surface area (Å²) in [6, 6.07) is 10.2. The van der Waals surface area contributed by atoms with Crippen molar-refractivity contribution in [2.45, 2.75) is 6.92 Å². The fourth-order valence-corrected chi connectivity index (χ4v) is 2.92. The van der Waals surface area contributed by atoms with Gasteiger partial charge in [0.05, 0.1) is 26.8 Å². The standard InChI is InChI=1S/C19H22N2O3/c1-12-8-15(14-6-7-21(2)16(14)9-12)20-13-10-17(22-3)19(24-5)18(11-13)23-4/h6-11,20H,1-5H3. The molecular formula is C19H22N2O3. The lowest BCUT2D eigenvalue weighted by Crippen LogP contribution is -1.98. The Hall–Kier alpha value is -2.82. The summed E-state index contributed by atoms with van der Waals surface area (Å²) in [5, 5.41) is 4.64. The van der Waals surface area contributed by atoms with Gasteiger partial charge in [-0.1, -0.05) is 0 Å². The van der Waals surface area contributed by atoms with E-state index in [-0.39, 0.29) is 0 Å². The van der Waals surface area contributed by atoms with Gasteiger partial charge in [0.2, 0.25) is 5.75 Å². The van der Waals surface area contributed by atoms with Gasteiger partial charge in [0.25, 0.3) is 0 Å². The molecule has 1 N–H and O–H groups in total. The topological polar surface area (TPSA) is 44.7 Å². The van der Waals surface area contributed by atoms with Crippen molar-refractivity contribution in [2.75, 3.05) is 26.6 Å². The highest BCUT2D eigenvalue weighted by atomic mass is 16.5. The minimum absolute atomic E-state index is 0.583. The van der Waals surface area contributed by atoms with Crippen LogP contribution in [0.5, 0.6) is 17.2 Å². The lowest BCUT2D eigenvalue weighted by atomic mass is 10.1. The molecule has 1 aromatic heterocycles. The summed E-state index contributed by atoms with van der Waals surface area (Å²) in [5.41, 5.74) is 4.30. The van der Waals surface area contributed by atoms with Crippen molar-refractivity contribution in [1.82, 2.24) is 4.57 Å². The lowest BCUT2D eigenvalue weighted by Gasteiger charge is -2.16. The maximum atomic E-state index is 5.42. The summed E-state index contributed by atoms with van der Waals surface area (Å²) in [5.74, 6) is 1.83. The predicted molar refractivity (Wildman–Crippen MR) is 97.0 cm³/mol. The van der Waals surface area contributed by atoms with Crippen molar-refractivity contribution in [2.24, 2.45) is 7.05 Å². The van der Waals surface area contributed by atoms with E-state index in [2.05, 4.69) is 41.2 Å². The first-order valence-electron chi connectivity index (χ1n) is 7.70. The highest BCUT2D eigenvalue weighted by Gasteiger charge is 2.14. The Morgan fingerprint density at radius 3 is 2.17 bits per heavy atom. The molecule has 0 bridgehead atoms. The van der Waals surface area contributed by atoms with Crippen LogP contribution in [0.4, 0.5) is 11.4 Å². The maximum absolute atomic E-state index is 5.42. The number of rotatable bonds is 5. The third kappa shape index (κ3) is 2.73. The Morgan fingerprint density at radius 2 is 1.58 bits per heavy atom. The fraction of sp³-hybridized carbons (Fsp3) is 0.263. The van der Waals surface area contributed by atoms with E-state index >= 15 is 0 Å². The summed E-state index contributed by atoms with van der Waals surface area (Å²) < 4.78 is 18.3. The molecule has 0 fully saturated rings. The van der Waals surface area contributed by atoms with Gasteiger partial charge in [-0.15, -0.1) is 0 Å². The van der Waals surface area contributed by atoms with Gasteiger partial charge < -0.3 is 24.1 Å². The van der Waals surface area contributed by atoms with Crippen LogP contribution in [0.15, 0.2) is 36.5 Å². The molecule has 5 heteroatoms. The number of nitrogens with one attached hydrogen (secondary N) is 1. The number of nitrogens with zero attached hydrogens (tertiary/aromatic N) is 1. The molecule has 2 aromatic carbocycles. The van der Waals surface area contributed by atoms with E-state index in [9.17, 15) is 0 Å². The van der Waals surface area contributed by atoms with Crippen LogP contribution in [-0.4, -0.2) is 25.9 Å². The van der Waals surface area contributed by atoms with Crippen LogP contribution in [0, 0.1) is 6.92 Å². The highest BCUT2D eigenvalue weighted by molar-refractivity contribution is 5.95. The summed E-state index contributed by atoms with van der Waals surface area (Å²) in [6.45, 7) is 2.09. The number of aromatic nitrogens is 1. The SMILES string of the molecule is COc1cc(Nc2cc(C)cc3c2ccn3C)cc(OC)c1OC. The van der Waals surface area contributed by atoms with E-state index in [0.29, 0.717) is 17.2 Å². The molecule has 1 heterocycles. The zero-order valence-corrected chi connectivity index (χ0v) is 14.6. The molecule has 0 aliphatic heterocycles. The molecule has 0 saturated carbocycles. The second kappa shape index (κ2) is 6.35.